The van der Waals surface area contributed by atoms with Gasteiger partial charge in [0.05, 0.1) is 7.11 Å². The summed E-state index contributed by atoms with van der Waals surface area (Å²) in [5.41, 5.74) is -0.189. The van der Waals surface area contributed by atoms with Gasteiger partial charge in [0.2, 0.25) is 5.88 Å². The van der Waals surface area contributed by atoms with E-state index < -0.39 is 11.9 Å². The number of nitrogens with one attached hydrogen (secondary N) is 2. The van der Waals surface area contributed by atoms with Gasteiger partial charge in [-0.2, -0.15) is 13.2 Å². The third-order valence-corrected chi connectivity index (χ3v) is 5.40. The normalized spacial score (nSPS) is 19.2. The predicted molar refractivity (Wildman–Crippen MR) is 108 cm³/mol. The third-order valence-electron chi connectivity index (χ3n) is 5.40. The van der Waals surface area contributed by atoms with Crippen molar-refractivity contribution in [3.63, 3.8) is 0 Å². The van der Waals surface area contributed by atoms with Crippen molar-refractivity contribution in [2.75, 3.05) is 12.4 Å². The summed E-state index contributed by atoms with van der Waals surface area (Å²) in [6.45, 7) is 0. The molecule has 0 aliphatic heterocycles. The molecule has 0 saturated heterocycles. The van der Waals surface area contributed by atoms with Crippen LogP contribution >= 0.6 is 0 Å². The molecule has 1 amide bonds. The van der Waals surface area contributed by atoms with E-state index in [4.69, 9.17) is 4.74 Å². The molecule has 0 bridgehead atoms. The zero-order chi connectivity index (χ0) is 22.0. The smallest absolute Gasteiger partial charge is 0.434 e. The van der Waals surface area contributed by atoms with Gasteiger partial charge in [-0.1, -0.05) is 6.07 Å². The molecule has 3 aromatic rings. The number of methoxy groups -OCH3 is 1. The molecule has 3 heterocycles. The van der Waals surface area contributed by atoms with Gasteiger partial charge >= 0.3 is 6.18 Å². The van der Waals surface area contributed by atoms with Crippen LogP contribution in [-0.4, -0.2) is 39.5 Å². The largest absolute Gasteiger partial charge is 0.481 e. The van der Waals surface area contributed by atoms with Crippen LogP contribution in [0.3, 0.4) is 0 Å². The van der Waals surface area contributed by atoms with Crippen molar-refractivity contribution in [1.82, 2.24) is 19.7 Å². The molecule has 0 aromatic carbocycles. The Morgan fingerprint density at radius 3 is 2.61 bits per heavy atom. The van der Waals surface area contributed by atoms with Crippen molar-refractivity contribution in [1.29, 1.82) is 0 Å². The first-order valence-corrected chi connectivity index (χ1v) is 9.96. The van der Waals surface area contributed by atoms with Crippen molar-refractivity contribution in [3.05, 3.63) is 54.0 Å². The molecule has 164 valence electrons. The van der Waals surface area contributed by atoms with E-state index in [2.05, 4.69) is 20.6 Å². The zero-order valence-electron chi connectivity index (χ0n) is 16.8. The van der Waals surface area contributed by atoms with Crippen LogP contribution in [0.1, 0.15) is 41.7 Å². The highest BCUT2D eigenvalue weighted by Gasteiger charge is 2.34. The first-order chi connectivity index (χ1) is 14.8. The van der Waals surface area contributed by atoms with E-state index in [1.807, 2.05) is 0 Å². The number of alkyl halides is 3. The molecule has 0 spiro atoms. The number of rotatable bonds is 5. The van der Waals surface area contributed by atoms with Crippen LogP contribution in [-0.2, 0) is 6.18 Å². The van der Waals surface area contributed by atoms with Crippen molar-refractivity contribution in [2.24, 2.45) is 0 Å². The lowest BCUT2D eigenvalue weighted by Gasteiger charge is -2.30. The number of fused-ring (bicyclic) bond motifs is 1. The van der Waals surface area contributed by atoms with Gasteiger partial charge in [0.15, 0.2) is 5.69 Å². The number of ether oxygens (including phenoxy) is 1. The first kappa shape index (κ1) is 21.0. The van der Waals surface area contributed by atoms with E-state index in [9.17, 15) is 18.0 Å². The number of aromatic nitrogens is 3. The number of anilines is 1. The maximum atomic E-state index is 13.0. The molecule has 2 N–H and O–H groups in total. The molecule has 0 atom stereocenters. The molecule has 1 saturated carbocycles. The Kier molecular flexibility index (Phi) is 5.71. The second kappa shape index (κ2) is 8.44. The second-order valence-electron chi connectivity index (χ2n) is 7.52. The van der Waals surface area contributed by atoms with Gasteiger partial charge in [0, 0.05) is 36.1 Å². The van der Waals surface area contributed by atoms with Gasteiger partial charge in [-0.05, 0) is 43.9 Å². The molecule has 0 unspecified atom stereocenters. The van der Waals surface area contributed by atoms with Gasteiger partial charge < -0.3 is 15.4 Å². The van der Waals surface area contributed by atoms with E-state index in [0.29, 0.717) is 17.3 Å². The Labute approximate surface area is 176 Å². The molecular formula is C21H22F3N5O2. The average Bonchev–Trinajstić information content (AvgIpc) is 3.21. The molecule has 10 heteroatoms. The van der Waals surface area contributed by atoms with Crippen LogP contribution in [0.15, 0.2) is 42.7 Å². The van der Waals surface area contributed by atoms with Crippen LogP contribution < -0.4 is 15.4 Å². The fourth-order valence-electron chi connectivity index (χ4n) is 3.79. The molecule has 31 heavy (non-hydrogen) atoms. The summed E-state index contributed by atoms with van der Waals surface area (Å²) in [5.74, 6) is 0.764. The molecule has 1 fully saturated rings. The molecule has 4 rings (SSSR count). The van der Waals surface area contributed by atoms with E-state index >= 15 is 0 Å². The third kappa shape index (κ3) is 4.73. The Bertz CT molecular complexity index is 1070. The Morgan fingerprint density at radius 2 is 1.90 bits per heavy atom. The van der Waals surface area contributed by atoms with Crippen LogP contribution in [0.5, 0.6) is 5.88 Å². The summed E-state index contributed by atoms with van der Waals surface area (Å²) in [6, 6.07) is 8.30. The molecule has 1 aliphatic carbocycles. The summed E-state index contributed by atoms with van der Waals surface area (Å²) >= 11 is 0. The maximum Gasteiger partial charge on any atom is 0.434 e. The predicted octanol–water partition coefficient (Wildman–Crippen LogP) is 3.91. The van der Waals surface area contributed by atoms with Gasteiger partial charge in [-0.3, -0.25) is 9.20 Å². The topological polar surface area (TPSA) is 80.5 Å². The summed E-state index contributed by atoms with van der Waals surface area (Å²) in [4.78, 5) is 20.1. The van der Waals surface area contributed by atoms with E-state index in [0.717, 1.165) is 31.9 Å². The minimum atomic E-state index is -4.49. The van der Waals surface area contributed by atoms with Gasteiger partial charge in [-0.15, -0.1) is 0 Å². The number of hydrogen-bond acceptors (Lipinski definition) is 5. The number of carbonyl (C=O) groups excluding carboxylic acids is 1. The standard InChI is InChI=1S/C21H22F3N5O2/c1-31-19-11-13(9-10-25-19)20(30)27-15-7-5-14(6-8-15)26-17-3-2-4-18-28-16(12-29(17)18)21(22,23)24/h2-4,9-12,14-15,26H,5-8H2,1H3,(H,27,30)/t14-,15+. The highest BCUT2D eigenvalue weighted by Crippen LogP contribution is 2.30. The number of nitrogens with zero attached hydrogens (tertiary/aromatic N) is 3. The fraction of sp³-hybridized carbons (Fsp3) is 0.381. The highest BCUT2D eigenvalue weighted by atomic mass is 19.4. The van der Waals surface area contributed by atoms with Crippen LogP contribution in [0.25, 0.3) is 5.65 Å². The maximum absolute atomic E-state index is 13.0. The van der Waals surface area contributed by atoms with Crippen molar-refractivity contribution >= 4 is 17.4 Å². The van der Waals surface area contributed by atoms with E-state index in [1.54, 1.807) is 30.3 Å². The zero-order valence-corrected chi connectivity index (χ0v) is 16.8. The van der Waals surface area contributed by atoms with E-state index in [1.165, 1.54) is 17.7 Å². The lowest BCUT2D eigenvalue weighted by atomic mass is 9.91. The Hall–Kier alpha value is -3.30. The van der Waals surface area contributed by atoms with Crippen LogP contribution in [0.4, 0.5) is 19.0 Å². The number of amides is 1. The number of imidazole rings is 1. The minimum Gasteiger partial charge on any atom is -0.481 e. The van der Waals surface area contributed by atoms with E-state index in [-0.39, 0.29) is 23.6 Å². The summed E-state index contributed by atoms with van der Waals surface area (Å²) in [6.07, 6.45) is 1.13. The van der Waals surface area contributed by atoms with Crippen LogP contribution in [0, 0.1) is 0 Å². The molecule has 7 nitrogen and oxygen atoms in total. The average molecular weight is 433 g/mol. The summed E-state index contributed by atoms with van der Waals surface area (Å²) in [5, 5.41) is 6.36. The molecule has 3 aromatic heterocycles. The monoisotopic (exact) mass is 433 g/mol. The van der Waals surface area contributed by atoms with Crippen molar-refractivity contribution in [2.45, 2.75) is 43.9 Å². The Balaban J connectivity index is 1.36. The minimum absolute atomic E-state index is 0.0329. The van der Waals surface area contributed by atoms with Crippen molar-refractivity contribution in [3.8, 4) is 5.88 Å². The highest BCUT2D eigenvalue weighted by molar-refractivity contribution is 5.94. The lowest BCUT2D eigenvalue weighted by Crippen LogP contribution is -2.40. The van der Waals surface area contributed by atoms with Gasteiger partial charge in [0.1, 0.15) is 11.5 Å². The van der Waals surface area contributed by atoms with Gasteiger partial charge in [-0.25, -0.2) is 9.97 Å². The van der Waals surface area contributed by atoms with Crippen molar-refractivity contribution < 1.29 is 22.7 Å². The number of halogens is 3. The summed E-state index contributed by atoms with van der Waals surface area (Å²) in [7, 11) is 1.49. The Morgan fingerprint density at radius 1 is 1.16 bits per heavy atom. The quantitative estimate of drug-likeness (QED) is 0.638. The van der Waals surface area contributed by atoms with Gasteiger partial charge in [0.25, 0.3) is 5.91 Å². The second-order valence-corrected chi connectivity index (χ2v) is 7.52. The molecular weight excluding hydrogens is 411 g/mol. The number of carbonyl (C=O) groups is 1. The fourth-order valence-corrected chi connectivity index (χ4v) is 3.79. The lowest BCUT2D eigenvalue weighted by molar-refractivity contribution is -0.140. The number of hydrogen-bond donors (Lipinski definition) is 2. The first-order valence-electron chi connectivity index (χ1n) is 9.96. The van der Waals surface area contributed by atoms with Crippen LogP contribution in [0.2, 0.25) is 0 Å². The summed E-state index contributed by atoms with van der Waals surface area (Å²) < 4.78 is 45.4. The SMILES string of the molecule is COc1cc(C(=O)N[C@H]2CC[C@@H](Nc3cccc4nc(C(F)(F)F)cn34)CC2)ccn1. The molecule has 0 radical (unpaired) electrons. The molecule has 1 aliphatic rings. The number of pyridine rings is 2.